The van der Waals surface area contributed by atoms with Gasteiger partial charge in [0.25, 0.3) is 5.91 Å². The van der Waals surface area contributed by atoms with Crippen LogP contribution in [-0.2, 0) is 9.59 Å². The van der Waals surface area contributed by atoms with E-state index >= 15 is 0 Å². The third kappa shape index (κ3) is 4.49. The molecule has 3 heterocycles. The number of amides is 2. The molecule has 2 amide bonds. The average molecular weight is 482 g/mol. The summed E-state index contributed by atoms with van der Waals surface area (Å²) in [5.74, 6) is 0.774. The highest BCUT2D eigenvalue weighted by atomic mass is 35.5. The topological polar surface area (TPSA) is 61.9 Å². The van der Waals surface area contributed by atoms with Gasteiger partial charge in [-0.15, -0.1) is 22.9 Å². The standard InChI is InChI=1S/C25H24ClN3O3S/c26-14-23(30)29(18-8-10-21(11-9-18)32-20-5-2-1-3-6-20)24(22-7-4-12-33-22)25(31)28-16-17-13-19(28)15-27-17/h1-12,17,19,24,27H,13-16H2/t17?,19-,24?/m1/s1. The lowest BCUT2D eigenvalue weighted by molar-refractivity contribution is -0.135. The smallest absolute Gasteiger partial charge is 0.251 e. The van der Waals surface area contributed by atoms with Gasteiger partial charge in [-0.25, -0.2) is 0 Å². The summed E-state index contributed by atoms with van der Waals surface area (Å²) in [6.07, 6.45) is 0.956. The van der Waals surface area contributed by atoms with E-state index in [2.05, 4.69) is 5.32 Å². The molecule has 2 bridgehead atoms. The maximum Gasteiger partial charge on any atom is 0.251 e. The van der Waals surface area contributed by atoms with E-state index in [0.717, 1.165) is 23.6 Å². The summed E-state index contributed by atoms with van der Waals surface area (Å²) in [6.45, 7) is 1.46. The fourth-order valence-electron chi connectivity index (χ4n) is 4.59. The number of para-hydroxylation sites is 1. The quantitative estimate of drug-likeness (QED) is 0.507. The second kappa shape index (κ2) is 9.55. The number of hydrogen-bond acceptors (Lipinski definition) is 5. The molecule has 170 valence electrons. The van der Waals surface area contributed by atoms with Gasteiger partial charge in [0, 0.05) is 35.7 Å². The van der Waals surface area contributed by atoms with Crippen molar-refractivity contribution in [3.8, 4) is 11.5 Å². The second-order valence-corrected chi connectivity index (χ2v) is 9.46. The maximum atomic E-state index is 13.8. The van der Waals surface area contributed by atoms with Crippen LogP contribution >= 0.6 is 22.9 Å². The number of alkyl halides is 1. The third-order valence-corrected chi connectivity index (χ3v) is 7.27. The molecule has 1 N–H and O–H groups in total. The Hall–Kier alpha value is -2.87. The predicted octanol–water partition coefficient (Wildman–Crippen LogP) is 4.43. The van der Waals surface area contributed by atoms with Gasteiger partial charge in [-0.2, -0.15) is 0 Å². The number of halogens is 1. The summed E-state index contributed by atoms with van der Waals surface area (Å²) >= 11 is 7.49. The Morgan fingerprint density at radius 2 is 1.85 bits per heavy atom. The van der Waals surface area contributed by atoms with Crippen LogP contribution in [0.2, 0.25) is 0 Å². The van der Waals surface area contributed by atoms with Crippen LogP contribution in [0.4, 0.5) is 5.69 Å². The first-order chi connectivity index (χ1) is 16.1. The lowest BCUT2D eigenvalue weighted by Gasteiger charge is -2.36. The van der Waals surface area contributed by atoms with Crippen molar-refractivity contribution >= 4 is 40.4 Å². The number of rotatable bonds is 7. The van der Waals surface area contributed by atoms with E-state index in [1.807, 2.05) is 52.7 Å². The molecule has 0 spiro atoms. The molecule has 2 aromatic carbocycles. The molecule has 1 aromatic heterocycles. The van der Waals surface area contributed by atoms with E-state index in [1.54, 1.807) is 24.3 Å². The summed E-state index contributed by atoms with van der Waals surface area (Å²) in [7, 11) is 0. The first kappa shape index (κ1) is 21.9. The fourth-order valence-corrected chi connectivity index (χ4v) is 5.53. The molecule has 0 aliphatic carbocycles. The van der Waals surface area contributed by atoms with E-state index in [-0.39, 0.29) is 23.7 Å². The molecule has 3 aromatic rings. The molecule has 2 fully saturated rings. The van der Waals surface area contributed by atoms with E-state index < -0.39 is 6.04 Å². The van der Waals surface area contributed by atoms with Gasteiger partial charge in [0.2, 0.25) is 5.91 Å². The van der Waals surface area contributed by atoms with E-state index in [0.29, 0.717) is 24.0 Å². The van der Waals surface area contributed by atoms with Crippen molar-refractivity contribution < 1.29 is 14.3 Å². The van der Waals surface area contributed by atoms with Gasteiger partial charge in [-0.1, -0.05) is 24.3 Å². The van der Waals surface area contributed by atoms with Crippen molar-refractivity contribution in [2.75, 3.05) is 23.9 Å². The van der Waals surface area contributed by atoms with E-state index in [9.17, 15) is 9.59 Å². The molecule has 3 atom stereocenters. The molecule has 2 aliphatic heterocycles. The Balaban J connectivity index is 1.46. The number of benzene rings is 2. The van der Waals surface area contributed by atoms with Crippen LogP contribution < -0.4 is 15.0 Å². The molecular formula is C25H24ClN3O3S. The summed E-state index contributed by atoms with van der Waals surface area (Å²) in [5.41, 5.74) is 0.607. The number of piperazine rings is 1. The molecule has 0 radical (unpaired) electrons. The summed E-state index contributed by atoms with van der Waals surface area (Å²) < 4.78 is 5.89. The zero-order valence-electron chi connectivity index (χ0n) is 17.9. The number of ether oxygens (including phenoxy) is 1. The van der Waals surface area contributed by atoms with E-state index in [1.165, 1.54) is 16.2 Å². The van der Waals surface area contributed by atoms with Crippen LogP contribution in [0.1, 0.15) is 17.3 Å². The Morgan fingerprint density at radius 1 is 1.09 bits per heavy atom. The predicted molar refractivity (Wildman–Crippen MR) is 130 cm³/mol. The van der Waals surface area contributed by atoms with Crippen LogP contribution in [0.15, 0.2) is 72.1 Å². The van der Waals surface area contributed by atoms with Gasteiger partial charge >= 0.3 is 0 Å². The monoisotopic (exact) mass is 481 g/mol. The van der Waals surface area contributed by atoms with Gasteiger partial charge < -0.3 is 15.0 Å². The first-order valence-corrected chi connectivity index (χ1v) is 12.3. The zero-order valence-corrected chi connectivity index (χ0v) is 19.5. The number of nitrogens with zero attached hydrogens (tertiary/aromatic N) is 2. The molecule has 8 heteroatoms. The molecule has 33 heavy (non-hydrogen) atoms. The Morgan fingerprint density at radius 3 is 2.45 bits per heavy atom. The second-order valence-electron chi connectivity index (χ2n) is 8.21. The molecule has 2 saturated heterocycles. The van der Waals surface area contributed by atoms with Gasteiger partial charge in [-0.05, 0) is 54.3 Å². The molecule has 2 aliphatic rings. The third-order valence-electron chi connectivity index (χ3n) is 6.12. The highest BCUT2D eigenvalue weighted by Gasteiger charge is 2.45. The minimum atomic E-state index is -0.753. The first-order valence-electron chi connectivity index (χ1n) is 10.9. The Labute approximate surface area is 201 Å². The molecular weight excluding hydrogens is 458 g/mol. The normalized spacial score (nSPS) is 20.0. The van der Waals surface area contributed by atoms with Crippen LogP contribution in [-0.4, -0.2) is 47.8 Å². The summed E-state index contributed by atoms with van der Waals surface area (Å²) in [4.78, 5) is 31.2. The number of hydrogen-bond donors (Lipinski definition) is 1. The largest absolute Gasteiger partial charge is 0.457 e. The Kier molecular flexibility index (Phi) is 6.35. The number of nitrogens with one attached hydrogen (secondary N) is 1. The van der Waals surface area contributed by atoms with Crippen LogP contribution in [0.5, 0.6) is 11.5 Å². The van der Waals surface area contributed by atoms with Gasteiger partial charge in [0.1, 0.15) is 23.4 Å². The average Bonchev–Trinajstić information content (AvgIpc) is 3.62. The van der Waals surface area contributed by atoms with Crippen molar-refractivity contribution in [2.24, 2.45) is 0 Å². The minimum absolute atomic E-state index is 0.0606. The van der Waals surface area contributed by atoms with Crippen LogP contribution in [0.3, 0.4) is 0 Å². The van der Waals surface area contributed by atoms with Crippen molar-refractivity contribution in [1.29, 1.82) is 0 Å². The van der Waals surface area contributed by atoms with Crippen LogP contribution in [0, 0.1) is 0 Å². The zero-order chi connectivity index (χ0) is 22.8. The SMILES string of the molecule is O=C(CCl)N(c1ccc(Oc2ccccc2)cc1)C(C(=O)N1CC2C[C@@H]1CN2)c1cccs1. The lowest BCUT2D eigenvalue weighted by Crippen LogP contribution is -2.52. The number of likely N-dealkylation sites (tertiary alicyclic amines) is 1. The van der Waals surface area contributed by atoms with Crippen LogP contribution in [0.25, 0.3) is 0 Å². The number of thiophene rings is 1. The lowest BCUT2D eigenvalue weighted by atomic mass is 10.1. The fraction of sp³-hybridized carbons (Fsp3) is 0.280. The molecule has 6 nitrogen and oxygen atoms in total. The number of carbonyl (C=O) groups is 2. The molecule has 2 unspecified atom stereocenters. The van der Waals surface area contributed by atoms with Gasteiger partial charge in [0.15, 0.2) is 0 Å². The summed E-state index contributed by atoms with van der Waals surface area (Å²) in [5, 5.41) is 5.35. The summed E-state index contributed by atoms with van der Waals surface area (Å²) in [6, 6.07) is 20.2. The van der Waals surface area contributed by atoms with Crippen molar-refractivity contribution in [2.45, 2.75) is 24.5 Å². The van der Waals surface area contributed by atoms with Crippen molar-refractivity contribution in [1.82, 2.24) is 10.2 Å². The molecule has 5 rings (SSSR count). The number of carbonyl (C=O) groups excluding carboxylic acids is 2. The number of anilines is 1. The van der Waals surface area contributed by atoms with Gasteiger partial charge in [-0.3, -0.25) is 14.5 Å². The minimum Gasteiger partial charge on any atom is -0.457 e. The van der Waals surface area contributed by atoms with E-state index in [4.69, 9.17) is 16.3 Å². The number of fused-ring (bicyclic) bond motifs is 2. The van der Waals surface area contributed by atoms with Crippen molar-refractivity contribution in [3.63, 3.8) is 0 Å². The van der Waals surface area contributed by atoms with Crippen molar-refractivity contribution in [3.05, 3.63) is 77.0 Å². The Bertz CT molecular complexity index is 1110. The highest BCUT2D eigenvalue weighted by molar-refractivity contribution is 7.10. The highest BCUT2D eigenvalue weighted by Crippen LogP contribution is 2.36. The molecule has 0 saturated carbocycles. The maximum absolute atomic E-state index is 13.8. The van der Waals surface area contributed by atoms with Gasteiger partial charge in [0.05, 0.1) is 0 Å².